The fourth-order valence-corrected chi connectivity index (χ4v) is 2.35. The molecule has 0 radical (unpaired) electrons. The van der Waals surface area contributed by atoms with Gasteiger partial charge in [-0.2, -0.15) is 5.10 Å². The van der Waals surface area contributed by atoms with Crippen LogP contribution in [0.2, 0.25) is 0 Å². The van der Waals surface area contributed by atoms with E-state index in [1.807, 2.05) is 26.4 Å². The van der Waals surface area contributed by atoms with Crippen molar-refractivity contribution in [1.29, 1.82) is 0 Å². The minimum atomic E-state index is -0.160. The Labute approximate surface area is 99.5 Å². The fraction of sp³-hybridized carbons (Fsp3) is 0.308. The lowest BCUT2D eigenvalue weighted by Crippen LogP contribution is -2.12. The molecule has 1 aromatic heterocycles. The normalized spacial score (nSPS) is 14.2. The number of aryl methyl sites for hydroxylation is 1. The van der Waals surface area contributed by atoms with E-state index in [2.05, 4.69) is 10.00 Å². The molecule has 3 rings (SSSR count). The molecule has 17 heavy (non-hydrogen) atoms. The highest BCUT2D eigenvalue weighted by Crippen LogP contribution is 2.33. The van der Waals surface area contributed by atoms with Crippen LogP contribution in [0, 0.1) is 5.82 Å². The maximum atomic E-state index is 14.0. The second-order valence-corrected chi connectivity index (χ2v) is 4.54. The summed E-state index contributed by atoms with van der Waals surface area (Å²) in [5.74, 6) is -0.160. The fourth-order valence-electron chi connectivity index (χ4n) is 2.35. The zero-order valence-corrected chi connectivity index (χ0v) is 9.94. The largest absolute Gasteiger partial charge is 0.374 e. The minimum absolute atomic E-state index is 0.160. The number of likely N-dealkylation sites (N-methyl/N-ethyl adjacent to an activating group) is 1. The first-order valence-electron chi connectivity index (χ1n) is 5.68. The van der Waals surface area contributed by atoms with Crippen molar-refractivity contribution in [2.75, 3.05) is 18.5 Å². The molecule has 2 aromatic rings. The quantitative estimate of drug-likeness (QED) is 0.750. The van der Waals surface area contributed by atoms with E-state index in [4.69, 9.17) is 0 Å². The first kappa shape index (κ1) is 10.3. The Kier molecular flexibility index (Phi) is 2.18. The van der Waals surface area contributed by atoms with Crippen molar-refractivity contribution in [1.82, 2.24) is 9.78 Å². The number of anilines is 1. The van der Waals surface area contributed by atoms with Crippen LogP contribution < -0.4 is 4.90 Å². The summed E-state index contributed by atoms with van der Waals surface area (Å²) in [4.78, 5) is 2.16. The van der Waals surface area contributed by atoms with Gasteiger partial charge in [0.1, 0.15) is 5.82 Å². The predicted molar refractivity (Wildman–Crippen MR) is 65.6 cm³/mol. The number of hydrogen-bond donors (Lipinski definition) is 0. The molecule has 0 atom stereocenters. The average molecular weight is 231 g/mol. The summed E-state index contributed by atoms with van der Waals surface area (Å²) in [6.45, 7) is 0.964. The first-order chi connectivity index (χ1) is 8.15. The third-order valence-corrected chi connectivity index (χ3v) is 3.31. The second-order valence-electron chi connectivity index (χ2n) is 4.54. The molecule has 0 N–H and O–H groups in total. The number of benzene rings is 1. The van der Waals surface area contributed by atoms with Gasteiger partial charge in [-0.15, -0.1) is 0 Å². The molecule has 0 saturated heterocycles. The Bertz CT molecular complexity index is 574. The third-order valence-electron chi connectivity index (χ3n) is 3.31. The highest BCUT2D eigenvalue weighted by atomic mass is 19.1. The zero-order valence-electron chi connectivity index (χ0n) is 9.94. The lowest BCUT2D eigenvalue weighted by atomic mass is 10.0. The molecule has 2 heterocycles. The van der Waals surface area contributed by atoms with Crippen LogP contribution in [-0.4, -0.2) is 23.4 Å². The van der Waals surface area contributed by atoms with Gasteiger partial charge in [0.15, 0.2) is 0 Å². The van der Waals surface area contributed by atoms with Gasteiger partial charge in [0.2, 0.25) is 0 Å². The monoisotopic (exact) mass is 231 g/mol. The Morgan fingerprint density at radius 3 is 2.82 bits per heavy atom. The van der Waals surface area contributed by atoms with Crippen LogP contribution >= 0.6 is 0 Å². The Morgan fingerprint density at radius 1 is 1.29 bits per heavy atom. The molecule has 1 aromatic carbocycles. The van der Waals surface area contributed by atoms with Gasteiger partial charge in [0.05, 0.1) is 6.20 Å². The van der Waals surface area contributed by atoms with Crippen LogP contribution in [0.5, 0.6) is 0 Å². The molecule has 0 saturated carbocycles. The van der Waals surface area contributed by atoms with Gasteiger partial charge in [-0.1, -0.05) is 0 Å². The van der Waals surface area contributed by atoms with Gasteiger partial charge in [0.25, 0.3) is 0 Å². The van der Waals surface area contributed by atoms with Crippen LogP contribution in [0.1, 0.15) is 5.56 Å². The molecule has 4 heteroatoms. The molecule has 1 aliphatic rings. The summed E-state index contributed by atoms with van der Waals surface area (Å²) >= 11 is 0. The number of aromatic nitrogens is 2. The smallest absolute Gasteiger partial charge is 0.131 e. The average Bonchev–Trinajstić information content (AvgIpc) is 2.85. The molecule has 0 spiro atoms. The molecule has 3 nitrogen and oxygen atoms in total. The van der Waals surface area contributed by atoms with Crippen molar-refractivity contribution in [2.24, 2.45) is 7.05 Å². The Balaban J connectivity index is 2.15. The first-order valence-corrected chi connectivity index (χ1v) is 5.68. The van der Waals surface area contributed by atoms with E-state index in [0.717, 1.165) is 29.8 Å². The zero-order chi connectivity index (χ0) is 12.0. The highest BCUT2D eigenvalue weighted by Gasteiger charge is 2.19. The predicted octanol–water partition coefficient (Wildman–Crippen LogP) is 2.22. The van der Waals surface area contributed by atoms with Gasteiger partial charge in [-0.3, -0.25) is 4.68 Å². The maximum Gasteiger partial charge on any atom is 0.131 e. The van der Waals surface area contributed by atoms with Gasteiger partial charge < -0.3 is 4.90 Å². The van der Waals surface area contributed by atoms with E-state index in [1.165, 1.54) is 0 Å². The number of hydrogen-bond acceptors (Lipinski definition) is 2. The number of nitrogens with zero attached hydrogens (tertiary/aromatic N) is 3. The molecular weight excluding hydrogens is 217 g/mol. The summed E-state index contributed by atoms with van der Waals surface area (Å²) in [6.07, 6.45) is 4.45. The van der Waals surface area contributed by atoms with Crippen molar-refractivity contribution >= 4 is 5.69 Å². The van der Waals surface area contributed by atoms with E-state index < -0.39 is 0 Å². The molecule has 0 fully saturated rings. The van der Waals surface area contributed by atoms with Crippen LogP contribution in [0.15, 0.2) is 24.5 Å². The molecule has 0 amide bonds. The molecular formula is C13H14FN3. The highest BCUT2D eigenvalue weighted by molar-refractivity contribution is 5.71. The lowest BCUT2D eigenvalue weighted by Gasteiger charge is -2.13. The summed E-state index contributed by atoms with van der Waals surface area (Å²) in [5, 5.41) is 4.08. The van der Waals surface area contributed by atoms with Gasteiger partial charge in [0, 0.05) is 43.7 Å². The van der Waals surface area contributed by atoms with Gasteiger partial charge in [-0.25, -0.2) is 4.39 Å². The molecule has 0 bridgehead atoms. The van der Waals surface area contributed by atoms with Crippen LogP contribution in [0.4, 0.5) is 10.1 Å². The molecule has 0 unspecified atom stereocenters. The topological polar surface area (TPSA) is 21.1 Å². The van der Waals surface area contributed by atoms with Crippen molar-refractivity contribution in [3.05, 3.63) is 35.9 Å². The third kappa shape index (κ3) is 1.60. The molecule has 1 aliphatic heterocycles. The lowest BCUT2D eigenvalue weighted by molar-refractivity contribution is 0.630. The van der Waals surface area contributed by atoms with E-state index in [9.17, 15) is 4.39 Å². The summed E-state index contributed by atoms with van der Waals surface area (Å²) in [7, 11) is 3.87. The summed E-state index contributed by atoms with van der Waals surface area (Å²) < 4.78 is 15.7. The van der Waals surface area contributed by atoms with Gasteiger partial charge >= 0.3 is 0 Å². The number of rotatable bonds is 1. The molecule has 0 aliphatic carbocycles. The van der Waals surface area contributed by atoms with Crippen molar-refractivity contribution in [3.63, 3.8) is 0 Å². The minimum Gasteiger partial charge on any atom is -0.374 e. The van der Waals surface area contributed by atoms with Crippen molar-refractivity contribution < 1.29 is 4.39 Å². The van der Waals surface area contributed by atoms with E-state index in [-0.39, 0.29) is 5.82 Å². The van der Waals surface area contributed by atoms with Crippen LogP contribution in [0.3, 0.4) is 0 Å². The number of halogens is 1. The van der Waals surface area contributed by atoms with Gasteiger partial charge in [-0.05, 0) is 24.1 Å². The summed E-state index contributed by atoms with van der Waals surface area (Å²) in [6, 6.07) is 3.58. The standard InChI is InChI=1S/C13H14FN3/c1-16-4-3-9-5-12(14)11(6-13(9)16)10-7-15-17(2)8-10/h5-8H,3-4H2,1-2H3. The Morgan fingerprint density at radius 2 is 2.12 bits per heavy atom. The van der Waals surface area contributed by atoms with Crippen LogP contribution in [-0.2, 0) is 13.5 Å². The van der Waals surface area contributed by atoms with E-state index in [0.29, 0.717) is 5.56 Å². The molecule has 88 valence electrons. The maximum absolute atomic E-state index is 14.0. The van der Waals surface area contributed by atoms with Crippen LogP contribution in [0.25, 0.3) is 11.1 Å². The Hall–Kier alpha value is -1.84. The van der Waals surface area contributed by atoms with E-state index in [1.54, 1.807) is 16.9 Å². The summed E-state index contributed by atoms with van der Waals surface area (Å²) in [5.41, 5.74) is 3.68. The number of fused-ring (bicyclic) bond motifs is 1. The SMILES string of the molecule is CN1CCc2cc(F)c(-c3cnn(C)c3)cc21. The van der Waals surface area contributed by atoms with Crippen molar-refractivity contribution in [3.8, 4) is 11.1 Å². The van der Waals surface area contributed by atoms with E-state index >= 15 is 0 Å². The second kappa shape index (κ2) is 3.58. The van der Waals surface area contributed by atoms with Crippen molar-refractivity contribution in [2.45, 2.75) is 6.42 Å².